The molecule has 2 heterocycles. The minimum Gasteiger partial charge on any atom is -0.331 e. The van der Waals surface area contributed by atoms with Crippen molar-refractivity contribution in [2.45, 2.75) is 12.5 Å². The van der Waals surface area contributed by atoms with Crippen molar-refractivity contribution in [1.82, 2.24) is 4.90 Å². The lowest BCUT2D eigenvalue weighted by Gasteiger charge is -2.46. The lowest BCUT2D eigenvalue weighted by molar-refractivity contribution is 0.325. The first kappa shape index (κ1) is 13.6. The highest BCUT2D eigenvalue weighted by atomic mass is 35.5. The topological polar surface area (TPSA) is 18.8 Å². The van der Waals surface area contributed by atoms with Gasteiger partial charge in [-0.25, -0.2) is 0 Å². The Hall–Kier alpha value is -2.00. The molecule has 22 heavy (non-hydrogen) atoms. The van der Waals surface area contributed by atoms with Gasteiger partial charge in [0, 0.05) is 36.4 Å². The van der Waals surface area contributed by atoms with E-state index in [1.54, 1.807) is 0 Å². The van der Waals surface area contributed by atoms with Crippen molar-refractivity contribution in [2.24, 2.45) is 4.99 Å². The molecule has 2 aromatic carbocycles. The van der Waals surface area contributed by atoms with E-state index in [1.807, 2.05) is 6.07 Å². The van der Waals surface area contributed by atoms with E-state index in [2.05, 4.69) is 59.3 Å². The van der Waals surface area contributed by atoms with E-state index in [4.69, 9.17) is 16.6 Å². The summed E-state index contributed by atoms with van der Waals surface area (Å²) in [6, 6.07) is 17.0. The minimum absolute atomic E-state index is 0.185. The number of aliphatic imine (C=N–C) groups is 1. The van der Waals surface area contributed by atoms with Crippen LogP contribution < -0.4 is 4.90 Å². The molecule has 0 saturated heterocycles. The molecule has 0 aliphatic carbocycles. The van der Waals surface area contributed by atoms with E-state index in [-0.39, 0.29) is 6.04 Å². The smallest absolute Gasteiger partial charge is 0.201 e. The van der Waals surface area contributed by atoms with E-state index < -0.39 is 0 Å². The fourth-order valence-electron chi connectivity index (χ4n) is 3.47. The second-order valence-corrected chi connectivity index (χ2v) is 6.24. The van der Waals surface area contributed by atoms with Gasteiger partial charge in [-0.1, -0.05) is 41.9 Å². The van der Waals surface area contributed by atoms with Crippen LogP contribution in [0.15, 0.2) is 53.5 Å². The Balaban J connectivity index is 1.94. The van der Waals surface area contributed by atoms with Crippen LogP contribution in [0.4, 0.5) is 5.69 Å². The number of fused-ring (bicyclic) bond motifs is 2. The summed E-state index contributed by atoms with van der Waals surface area (Å²) >= 11 is 6.29. The molecule has 0 fully saturated rings. The highest BCUT2D eigenvalue weighted by Crippen LogP contribution is 2.41. The zero-order valence-corrected chi connectivity index (χ0v) is 13.3. The molecule has 0 N–H and O–H groups in total. The number of guanidine groups is 1. The van der Waals surface area contributed by atoms with Crippen LogP contribution in [0.2, 0.25) is 5.02 Å². The summed E-state index contributed by atoms with van der Waals surface area (Å²) in [7, 11) is 2.09. The maximum absolute atomic E-state index is 6.29. The van der Waals surface area contributed by atoms with Gasteiger partial charge in [0.25, 0.3) is 0 Å². The number of halogens is 1. The van der Waals surface area contributed by atoms with Crippen molar-refractivity contribution >= 4 is 23.2 Å². The number of hydrogen-bond acceptors (Lipinski definition) is 3. The number of anilines is 1. The van der Waals surface area contributed by atoms with Gasteiger partial charge in [0.1, 0.15) is 0 Å². The largest absolute Gasteiger partial charge is 0.331 e. The molecule has 2 aliphatic heterocycles. The van der Waals surface area contributed by atoms with Gasteiger partial charge in [0.05, 0.1) is 6.04 Å². The molecule has 1 unspecified atom stereocenters. The van der Waals surface area contributed by atoms with Gasteiger partial charge in [-0.05, 0) is 30.2 Å². The van der Waals surface area contributed by atoms with Gasteiger partial charge < -0.3 is 9.80 Å². The molecule has 0 aromatic heterocycles. The summed E-state index contributed by atoms with van der Waals surface area (Å²) in [5, 5.41) is 0.783. The highest BCUT2D eigenvalue weighted by molar-refractivity contribution is 6.30. The summed E-state index contributed by atoms with van der Waals surface area (Å²) in [6.45, 7) is 1.93. The van der Waals surface area contributed by atoms with E-state index in [0.29, 0.717) is 0 Å². The molecule has 4 heteroatoms. The lowest BCUT2D eigenvalue weighted by atomic mass is 9.92. The van der Waals surface area contributed by atoms with Crippen LogP contribution in [-0.4, -0.2) is 31.0 Å². The van der Waals surface area contributed by atoms with Gasteiger partial charge in [-0.3, -0.25) is 4.99 Å². The number of benzene rings is 2. The second-order valence-electron chi connectivity index (χ2n) is 5.80. The molecule has 0 saturated carbocycles. The second kappa shape index (κ2) is 5.33. The predicted octanol–water partition coefficient (Wildman–Crippen LogP) is 3.94. The quantitative estimate of drug-likeness (QED) is 0.794. The molecule has 4 rings (SSSR count). The Morgan fingerprint density at radius 2 is 1.95 bits per heavy atom. The Labute approximate surface area is 135 Å². The molecular formula is C18H18ClN3. The summed E-state index contributed by atoms with van der Waals surface area (Å²) in [6.07, 6.45) is 1.09. The Morgan fingerprint density at radius 3 is 2.77 bits per heavy atom. The molecule has 112 valence electrons. The van der Waals surface area contributed by atoms with Crippen molar-refractivity contribution in [3.8, 4) is 0 Å². The first-order chi connectivity index (χ1) is 10.8. The summed E-state index contributed by atoms with van der Waals surface area (Å²) in [5.41, 5.74) is 3.73. The zero-order chi connectivity index (χ0) is 15.1. The van der Waals surface area contributed by atoms with Crippen LogP contribution in [-0.2, 0) is 0 Å². The van der Waals surface area contributed by atoms with Crippen LogP contribution in [0, 0.1) is 0 Å². The van der Waals surface area contributed by atoms with E-state index in [0.717, 1.165) is 30.5 Å². The molecule has 1 atom stereocenters. The molecule has 0 amide bonds. The molecule has 3 nitrogen and oxygen atoms in total. The van der Waals surface area contributed by atoms with E-state index >= 15 is 0 Å². The van der Waals surface area contributed by atoms with Crippen molar-refractivity contribution in [2.75, 3.05) is 25.0 Å². The first-order valence-electron chi connectivity index (χ1n) is 7.65. The van der Waals surface area contributed by atoms with Crippen LogP contribution in [0.5, 0.6) is 0 Å². The van der Waals surface area contributed by atoms with E-state index in [9.17, 15) is 0 Å². The van der Waals surface area contributed by atoms with Gasteiger partial charge in [-0.15, -0.1) is 0 Å². The molecule has 2 aromatic rings. The standard InChI is InChI=1S/C18H18ClN3/c1-21-16-9-8-14(19)12-15(16)17(13-6-3-2-4-7-13)22-11-5-10-20-18(21)22/h2-4,6-9,12,17H,5,10-11H2,1H3. The Bertz CT molecular complexity index is 726. The maximum atomic E-state index is 6.29. The van der Waals surface area contributed by atoms with Crippen molar-refractivity contribution in [3.05, 3.63) is 64.7 Å². The van der Waals surface area contributed by atoms with Crippen LogP contribution in [0.3, 0.4) is 0 Å². The van der Waals surface area contributed by atoms with Crippen molar-refractivity contribution in [3.63, 3.8) is 0 Å². The monoisotopic (exact) mass is 311 g/mol. The SMILES string of the molecule is CN1C2=NCCCN2C(c2ccccc2)c2cc(Cl)ccc21. The fourth-order valence-corrected chi connectivity index (χ4v) is 3.66. The Morgan fingerprint density at radius 1 is 1.14 bits per heavy atom. The predicted molar refractivity (Wildman–Crippen MR) is 91.8 cm³/mol. The zero-order valence-electron chi connectivity index (χ0n) is 12.5. The number of nitrogens with zero attached hydrogens (tertiary/aromatic N) is 3. The van der Waals surface area contributed by atoms with E-state index in [1.165, 1.54) is 16.8 Å². The molecule has 0 spiro atoms. The number of hydrogen-bond donors (Lipinski definition) is 0. The Kier molecular flexibility index (Phi) is 3.30. The normalized spacial score (nSPS) is 20.3. The number of rotatable bonds is 1. The van der Waals surface area contributed by atoms with Gasteiger partial charge in [0.2, 0.25) is 5.96 Å². The third kappa shape index (κ3) is 2.08. The van der Waals surface area contributed by atoms with Crippen LogP contribution >= 0.6 is 11.6 Å². The highest BCUT2D eigenvalue weighted by Gasteiger charge is 2.36. The van der Waals surface area contributed by atoms with Crippen molar-refractivity contribution < 1.29 is 0 Å². The summed E-state index contributed by atoms with van der Waals surface area (Å²) in [4.78, 5) is 9.35. The minimum atomic E-state index is 0.185. The molecule has 0 radical (unpaired) electrons. The van der Waals surface area contributed by atoms with Gasteiger partial charge in [0.15, 0.2) is 0 Å². The van der Waals surface area contributed by atoms with Gasteiger partial charge in [-0.2, -0.15) is 0 Å². The summed E-state index contributed by atoms with van der Waals surface area (Å²) < 4.78 is 0. The average Bonchev–Trinajstić information content (AvgIpc) is 2.56. The first-order valence-corrected chi connectivity index (χ1v) is 8.03. The van der Waals surface area contributed by atoms with Crippen LogP contribution in [0.1, 0.15) is 23.6 Å². The molecule has 0 bridgehead atoms. The van der Waals surface area contributed by atoms with Crippen LogP contribution in [0.25, 0.3) is 0 Å². The molecular weight excluding hydrogens is 294 g/mol. The lowest BCUT2D eigenvalue weighted by Crippen LogP contribution is -2.51. The third-order valence-electron chi connectivity index (χ3n) is 4.44. The average molecular weight is 312 g/mol. The maximum Gasteiger partial charge on any atom is 0.201 e. The summed E-state index contributed by atoms with van der Waals surface area (Å²) in [5.74, 6) is 1.06. The molecule has 2 aliphatic rings. The van der Waals surface area contributed by atoms with Gasteiger partial charge >= 0.3 is 0 Å². The van der Waals surface area contributed by atoms with Crippen molar-refractivity contribution in [1.29, 1.82) is 0 Å². The fraction of sp³-hybridized carbons (Fsp3) is 0.278. The third-order valence-corrected chi connectivity index (χ3v) is 4.67.